The minimum absolute atomic E-state index is 0.102. The lowest BCUT2D eigenvalue weighted by Crippen LogP contribution is -2.50. The molecule has 1 aliphatic rings. The van der Waals surface area contributed by atoms with E-state index in [1.807, 2.05) is 0 Å². The molecule has 1 unspecified atom stereocenters. The Morgan fingerprint density at radius 1 is 1.40 bits per heavy atom. The molecule has 1 atom stereocenters. The molecule has 0 aromatic carbocycles. The van der Waals surface area contributed by atoms with Gasteiger partial charge in [0.15, 0.2) is 0 Å². The molecule has 0 aromatic heterocycles. The largest absolute Gasteiger partial charge is 0.469 e. The van der Waals surface area contributed by atoms with Crippen LogP contribution >= 0.6 is 7.82 Å². The molecule has 0 radical (unpaired) electrons. The van der Waals surface area contributed by atoms with Crippen molar-refractivity contribution >= 4 is 13.8 Å². The van der Waals surface area contributed by atoms with Crippen LogP contribution in [-0.4, -0.2) is 70.4 Å². The number of ether oxygens (including phenoxy) is 3. The zero-order valence-corrected chi connectivity index (χ0v) is 11.6. The van der Waals surface area contributed by atoms with E-state index in [4.69, 9.17) is 29.1 Å². The van der Waals surface area contributed by atoms with Crippen molar-refractivity contribution in [1.29, 1.82) is 0 Å². The number of carbonyl (C=O) groups is 1. The van der Waals surface area contributed by atoms with Gasteiger partial charge in [0.1, 0.15) is 18.8 Å². The van der Waals surface area contributed by atoms with Gasteiger partial charge < -0.3 is 34.2 Å². The summed E-state index contributed by atoms with van der Waals surface area (Å²) in [5.74, 6) is -2.62. The molecule has 0 aromatic rings. The van der Waals surface area contributed by atoms with Gasteiger partial charge in [-0.05, 0) is 0 Å². The van der Waals surface area contributed by atoms with Crippen LogP contribution in [0.15, 0.2) is 0 Å². The van der Waals surface area contributed by atoms with Crippen LogP contribution in [-0.2, 0) is 28.1 Å². The van der Waals surface area contributed by atoms with Crippen molar-refractivity contribution in [2.45, 2.75) is 24.9 Å². The quantitative estimate of drug-likeness (QED) is 0.323. The zero-order valence-electron chi connectivity index (χ0n) is 10.7. The summed E-state index contributed by atoms with van der Waals surface area (Å²) in [5.41, 5.74) is 0. The second kappa shape index (κ2) is 6.92. The average Bonchev–Trinajstić information content (AvgIpc) is 2.36. The van der Waals surface area contributed by atoms with Crippen molar-refractivity contribution < 1.29 is 48.1 Å². The predicted molar refractivity (Wildman–Crippen MR) is 61.3 cm³/mol. The molecule has 1 aliphatic heterocycles. The van der Waals surface area contributed by atoms with E-state index in [-0.39, 0.29) is 13.2 Å². The van der Waals surface area contributed by atoms with Crippen LogP contribution < -0.4 is 0 Å². The highest BCUT2D eigenvalue weighted by Crippen LogP contribution is 2.35. The van der Waals surface area contributed by atoms with Gasteiger partial charge in [0.25, 0.3) is 5.79 Å². The molecule has 1 fully saturated rings. The summed E-state index contributed by atoms with van der Waals surface area (Å²) in [7, 11) is -4.69. The third-order valence-corrected chi connectivity index (χ3v) is 2.80. The number of phosphoric acid groups is 1. The summed E-state index contributed by atoms with van der Waals surface area (Å²) in [6, 6.07) is 0. The summed E-state index contributed by atoms with van der Waals surface area (Å²) < 4.78 is 29.1. The van der Waals surface area contributed by atoms with Gasteiger partial charge >= 0.3 is 13.8 Å². The Morgan fingerprint density at radius 3 is 2.45 bits per heavy atom. The fraction of sp³-hybridized carbons (Fsp3) is 0.889. The summed E-state index contributed by atoms with van der Waals surface area (Å²) in [4.78, 5) is 28.5. The van der Waals surface area contributed by atoms with E-state index in [1.54, 1.807) is 0 Å². The Balaban J connectivity index is 2.34. The molecule has 0 aliphatic carbocycles. The highest BCUT2D eigenvalue weighted by atomic mass is 31.2. The van der Waals surface area contributed by atoms with Gasteiger partial charge in [0, 0.05) is 6.92 Å². The molecule has 0 saturated carbocycles. The van der Waals surface area contributed by atoms with Crippen molar-refractivity contribution in [3.8, 4) is 0 Å². The van der Waals surface area contributed by atoms with E-state index < -0.39 is 45.0 Å². The standard InChI is InChI=1S/C9H17O10P/c1-9(17-3-7(11)4-18-9)8(12)16-2-6(10)5-19-20(13,14)15/h6-7,10-11H,2-5H2,1H3,(H2,13,14,15). The molecule has 10 nitrogen and oxygen atoms in total. The first-order chi connectivity index (χ1) is 9.12. The van der Waals surface area contributed by atoms with Gasteiger partial charge in [-0.3, -0.25) is 4.52 Å². The molecular weight excluding hydrogens is 299 g/mol. The van der Waals surface area contributed by atoms with Crippen LogP contribution in [0.5, 0.6) is 0 Å². The number of esters is 1. The summed E-state index contributed by atoms with van der Waals surface area (Å²) >= 11 is 0. The van der Waals surface area contributed by atoms with Gasteiger partial charge in [-0.25, -0.2) is 9.36 Å². The summed E-state index contributed by atoms with van der Waals surface area (Å²) in [5, 5.41) is 18.5. The number of hydrogen-bond donors (Lipinski definition) is 4. The number of rotatable bonds is 6. The lowest BCUT2D eigenvalue weighted by molar-refractivity contribution is -0.282. The third kappa shape index (κ3) is 5.81. The van der Waals surface area contributed by atoms with Gasteiger partial charge in [-0.15, -0.1) is 0 Å². The Kier molecular flexibility index (Phi) is 6.05. The average molecular weight is 316 g/mol. The SMILES string of the molecule is CC1(C(=O)OCC(O)COP(=O)(O)O)OCC(O)CO1. The second-order valence-corrected chi connectivity index (χ2v) is 5.50. The van der Waals surface area contributed by atoms with Crippen LogP contribution in [0.2, 0.25) is 0 Å². The van der Waals surface area contributed by atoms with Crippen LogP contribution in [0, 0.1) is 0 Å². The minimum atomic E-state index is -4.69. The topological polar surface area (TPSA) is 152 Å². The lowest BCUT2D eigenvalue weighted by atomic mass is 10.2. The minimum Gasteiger partial charge on any atom is -0.459 e. The molecule has 0 spiro atoms. The summed E-state index contributed by atoms with van der Waals surface area (Å²) in [6.45, 7) is -0.164. The van der Waals surface area contributed by atoms with Crippen LogP contribution in [0.25, 0.3) is 0 Å². The maximum absolute atomic E-state index is 11.7. The maximum atomic E-state index is 11.7. The first-order valence-corrected chi connectivity index (χ1v) is 7.17. The van der Waals surface area contributed by atoms with Gasteiger partial charge in [0.05, 0.1) is 19.8 Å². The highest BCUT2D eigenvalue weighted by Gasteiger charge is 2.41. The fourth-order valence-electron chi connectivity index (χ4n) is 1.25. The molecule has 1 heterocycles. The van der Waals surface area contributed by atoms with Crippen molar-refractivity contribution in [2.24, 2.45) is 0 Å². The lowest BCUT2D eigenvalue weighted by Gasteiger charge is -2.33. The van der Waals surface area contributed by atoms with Gasteiger partial charge in [-0.2, -0.15) is 0 Å². The van der Waals surface area contributed by atoms with E-state index in [2.05, 4.69) is 4.52 Å². The van der Waals surface area contributed by atoms with E-state index in [0.717, 1.165) is 0 Å². The number of carbonyl (C=O) groups excluding carboxylic acids is 1. The molecule has 1 saturated heterocycles. The number of aliphatic hydroxyl groups is 2. The maximum Gasteiger partial charge on any atom is 0.469 e. The Morgan fingerprint density at radius 2 is 1.95 bits per heavy atom. The smallest absolute Gasteiger partial charge is 0.459 e. The number of hydrogen-bond acceptors (Lipinski definition) is 8. The summed E-state index contributed by atoms with van der Waals surface area (Å²) in [6.07, 6.45) is -2.25. The predicted octanol–water partition coefficient (Wildman–Crippen LogP) is -1.88. The highest BCUT2D eigenvalue weighted by molar-refractivity contribution is 7.46. The molecule has 1 rings (SSSR count). The van der Waals surface area contributed by atoms with Crippen molar-refractivity contribution in [1.82, 2.24) is 0 Å². The Labute approximate surface area is 114 Å². The van der Waals surface area contributed by atoms with E-state index in [9.17, 15) is 14.5 Å². The Hall–Kier alpha value is -0.580. The van der Waals surface area contributed by atoms with E-state index >= 15 is 0 Å². The fourth-order valence-corrected chi connectivity index (χ4v) is 1.62. The van der Waals surface area contributed by atoms with E-state index in [0.29, 0.717) is 0 Å². The molecule has 0 bridgehead atoms. The first kappa shape index (κ1) is 17.5. The van der Waals surface area contributed by atoms with E-state index in [1.165, 1.54) is 6.92 Å². The van der Waals surface area contributed by atoms with Gasteiger partial charge in [-0.1, -0.05) is 0 Å². The molecule has 0 amide bonds. The van der Waals surface area contributed by atoms with Crippen LogP contribution in [0.3, 0.4) is 0 Å². The van der Waals surface area contributed by atoms with Crippen LogP contribution in [0.4, 0.5) is 0 Å². The normalized spacial score (nSPS) is 28.9. The third-order valence-electron chi connectivity index (χ3n) is 2.32. The van der Waals surface area contributed by atoms with Crippen LogP contribution in [0.1, 0.15) is 6.92 Å². The van der Waals surface area contributed by atoms with Gasteiger partial charge in [0.2, 0.25) is 0 Å². The molecule has 20 heavy (non-hydrogen) atoms. The molecule has 118 valence electrons. The van der Waals surface area contributed by atoms with Crippen molar-refractivity contribution in [2.75, 3.05) is 26.4 Å². The number of phosphoric ester groups is 1. The second-order valence-electron chi connectivity index (χ2n) is 4.26. The van der Waals surface area contributed by atoms with Crippen molar-refractivity contribution in [3.63, 3.8) is 0 Å². The Bertz CT molecular complexity index is 371. The van der Waals surface area contributed by atoms with Crippen molar-refractivity contribution in [3.05, 3.63) is 0 Å². The first-order valence-electron chi connectivity index (χ1n) is 5.64. The molecular formula is C9H17O10P. The molecule has 4 N–H and O–H groups in total. The number of aliphatic hydroxyl groups excluding tert-OH is 2. The zero-order chi connectivity index (χ0) is 15.4. The monoisotopic (exact) mass is 316 g/mol. The molecule has 11 heteroatoms.